The van der Waals surface area contributed by atoms with Crippen molar-refractivity contribution in [2.75, 3.05) is 0 Å². The summed E-state index contributed by atoms with van der Waals surface area (Å²) in [6, 6.07) is 3.72. The molecule has 0 aliphatic heterocycles. The van der Waals surface area contributed by atoms with E-state index in [1.54, 1.807) is 12.5 Å². The number of furan rings is 1. The first-order valence-electron chi connectivity index (χ1n) is 7.46. The van der Waals surface area contributed by atoms with Crippen LogP contribution in [0.5, 0.6) is 0 Å². The van der Waals surface area contributed by atoms with E-state index >= 15 is 0 Å². The van der Waals surface area contributed by atoms with E-state index in [1.165, 1.54) is 0 Å². The fraction of sp³-hybridized carbons (Fsp3) is 0.500. The second kappa shape index (κ2) is 5.51. The molecule has 1 aliphatic carbocycles. The quantitative estimate of drug-likeness (QED) is 0.910. The maximum absolute atomic E-state index is 11.9. The van der Waals surface area contributed by atoms with Crippen LogP contribution in [0.2, 0.25) is 0 Å². The van der Waals surface area contributed by atoms with Crippen molar-refractivity contribution in [1.82, 2.24) is 15.6 Å². The molecule has 118 valence electrons. The van der Waals surface area contributed by atoms with Gasteiger partial charge in [0.15, 0.2) is 0 Å². The number of urea groups is 1. The lowest BCUT2D eigenvalue weighted by Gasteiger charge is -2.13. The smallest absolute Gasteiger partial charge is 0.315 e. The Morgan fingerprint density at radius 3 is 2.86 bits per heavy atom. The van der Waals surface area contributed by atoms with Crippen LogP contribution in [0.25, 0.3) is 0 Å². The van der Waals surface area contributed by atoms with Crippen molar-refractivity contribution in [2.24, 2.45) is 0 Å². The minimum absolute atomic E-state index is 0.0612. The summed E-state index contributed by atoms with van der Waals surface area (Å²) >= 11 is 0. The van der Waals surface area contributed by atoms with Gasteiger partial charge in [-0.25, -0.2) is 9.78 Å². The van der Waals surface area contributed by atoms with Gasteiger partial charge in [-0.2, -0.15) is 0 Å². The predicted octanol–water partition coefficient (Wildman–Crippen LogP) is 2.92. The fourth-order valence-corrected chi connectivity index (χ4v) is 2.28. The number of hydrogen-bond acceptors (Lipinski definition) is 4. The fourth-order valence-electron chi connectivity index (χ4n) is 2.28. The summed E-state index contributed by atoms with van der Waals surface area (Å²) in [4.78, 5) is 16.2. The van der Waals surface area contributed by atoms with Crippen molar-refractivity contribution in [3.8, 4) is 0 Å². The van der Waals surface area contributed by atoms with Crippen molar-refractivity contribution in [2.45, 2.75) is 51.1 Å². The van der Waals surface area contributed by atoms with Crippen molar-refractivity contribution >= 4 is 6.03 Å². The lowest BCUT2D eigenvalue weighted by atomic mass is 9.93. The largest absolute Gasteiger partial charge is 0.469 e. The summed E-state index contributed by atoms with van der Waals surface area (Å²) < 4.78 is 10.7. The van der Waals surface area contributed by atoms with Crippen LogP contribution in [0.15, 0.2) is 33.5 Å². The molecule has 2 aromatic rings. The molecule has 6 heteroatoms. The summed E-state index contributed by atoms with van der Waals surface area (Å²) in [5.74, 6) is 1.72. The van der Waals surface area contributed by atoms with Gasteiger partial charge in [0.2, 0.25) is 5.89 Å². The summed E-state index contributed by atoms with van der Waals surface area (Å²) in [5.41, 5.74) is 0.818. The lowest BCUT2D eigenvalue weighted by Crippen LogP contribution is -2.37. The third-order valence-corrected chi connectivity index (χ3v) is 3.74. The summed E-state index contributed by atoms with van der Waals surface area (Å²) in [7, 11) is 0. The van der Waals surface area contributed by atoms with Gasteiger partial charge in [0.1, 0.15) is 12.0 Å². The van der Waals surface area contributed by atoms with E-state index in [1.807, 2.05) is 12.1 Å². The van der Waals surface area contributed by atoms with Crippen LogP contribution >= 0.6 is 0 Å². The van der Waals surface area contributed by atoms with Gasteiger partial charge in [-0.05, 0) is 18.6 Å². The molecule has 2 heterocycles. The highest BCUT2D eigenvalue weighted by molar-refractivity contribution is 5.74. The van der Waals surface area contributed by atoms with Crippen molar-refractivity contribution in [3.05, 3.63) is 42.0 Å². The highest BCUT2D eigenvalue weighted by Crippen LogP contribution is 2.40. The molecule has 0 aromatic carbocycles. The van der Waals surface area contributed by atoms with E-state index in [2.05, 4.69) is 36.4 Å². The predicted molar refractivity (Wildman–Crippen MR) is 80.4 cm³/mol. The number of nitrogens with one attached hydrogen (secondary N) is 2. The Kier molecular flexibility index (Phi) is 3.68. The second-order valence-electron chi connectivity index (χ2n) is 6.67. The zero-order valence-corrected chi connectivity index (χ0v) is 13.1. The first-order valence-corrected chi connectivity index (χ1v) is 7.46. The average Bonchev–Trinajstić information content (AvgIpc) is 2.91. The summed E-state index contributed by atoms with van der Waals surface area (Å²) in [5, 5.41) is 5.68. The van der Waals surface area contributed by atoms with Gasteiger partial charge in [0.05, 0.1) is 18.5 Å². The minimum atomic E-state index is -0.213. The average molecular weight is 303 g/mol. The third kappa shape index (κ3) is 3.32. The number of nitrogens with zero attached hydrogens (tertiary/aromatic N) is 1. The Hall–Kier alpha value is -2.24. The molecule has 2 atom stereocenters. The van der Waals surface area contributed by atoms with Gasteiger partial charge in [0.25, 0.3) is 0 Å². The molecule has 6 nitrogen and oxygen atoms in total. The zero-order chi connectivity index (χ0) is 15.7. The second-order valence-corrected chi connectivity index (χ2v) is 6.67. The first kappa shape index (κ1) is 14.7. The van der Waals surface area contributed by atoms with Gasteiger partial charge in [-0.15, -0.1) is 0 Å². The number of rotatable bonds is 4. The van der Waals surface area contributed by atoms with Gasteiger partial charge in [-0.1, -0.05) is 20.8 Å². The number of amides is 2. The molecule has 3 rings (SSSR count). The Morgan fingerprint density at radius 2 is 2.23 bits per heavy atom. The highest BCUT2D eigenvalue weighted by atomic mass is 16.3. The number of hydrogen-bond donors (Lipinski definition) is 2. The molecule has 0 saturated heterocycles. The number of aromatic nitrogens is 1. The molecule has 0 bridgehead atoms. The van der Waals surface area contributed by atoms with E-state index in [-0.39, 0.29) is 30.0 Å². The monoisotopic (exact) mass is 303 g/mol. The normalized spacial score (nSPS) is 20.7. The molecule has 0 unspecified atom stereocenters. The van der Waals surface area contributed by atoms with Crippen LogP contribution in [0.3, 0.4) is 0 Å². The van der Waals surface area contributed by atoms with Crippen molar-refractivity contribution in [3.63, 3.8) is 0 Å². The van der Waals surface area contributed by atoms with Crippen LogP contribution in [-0.2, 0) is 12.0 Å². The zero-order valence-electron chi connectivity index (χ0n) is 13.1. The first-order chi connectivity index (χ1) is 10.4. The number of oxazole rings is 1. The number of carbonyl (C=O) groups is 1. The molecular formula is C16H21N3O3. The van der Waals surface area contributed by atoms with E-state index in [4.69, 9.17) is 8.83 Å². The standard InChI is InChI=1S/C16H21N3O3/c1-16(2,3)13-9-22-14(19-13)8-17-15(20)18-11-7-10(11)12-5-4-6-21-12/h4-6,9-11H,7-8H2,1-3H3,(H2,17,18,20)/t10-,11-/m1/s1. The molecular weight excluding hydrogens is 282 g/mol. The molecule has 22 heavy (non-hydrogen) atoms. The topological polar surface area (TPSA) is 80.3 Å². The van der Waals surface area contributed by atoms with Gasteiger partial charge in [0, 0.05) is 17.4 Å². The molecule has 2 amide bonds. The van der Waals surface area contributed by atoms with E-state index < -0.39 is 0 Å². The Labute approximate surface area is 129 Å². The minimum Gasteiger partial charge on any atom is -0.469 e. The summed E-state index contributed by atoms with van der Waals surface area (Å²) in [6.45, 7) is 6.48. The van der Waals surface area contributed by atoms with E-state index in [0.717, 1.165) is 17.9 Å². The van der Waals surface area contributed by atoms with E-state index in [0.29, 0.717) is 5.89 Å². The van der Waals surface area contributed by atoms with Gasteiger partial charge < -0.3 is 19.5 Å². The van der Waals surface area contributed by atoms with Crippen LogP contribution in [0.4, 0.5) is 4.79 Å². The number of carbonyl (C=O) groups excluding carboxylic acids is 1. The maximum atomic E-state index is 11.9. The lowest BCUT2D eigenvalue weighted by molar-refractivity contribution is 0.238. The molecule has 2 aromatic heterocycles. The molecule has 0 radical (unpaired) electrons. The van der Waals surface area contributed by atoms with Gasteiger partial charge >= 0.3 is 6.03 Å². The molecule has 1 fully saturated rings. The molecule has 2 N–H and O–H groups in total. The van der Waals surface area contributed by atoms with Gasteiger partial charge in [-0.3, -0.25) is 0 Å². The Balaban J connectivity index is 1.44. The van der Waals surface area contributed by atoms with Crippen LogP contribution in [-0.4, -0.2) is 17.1 Å². The van der Waals surface area contributed by atoms with Crippen LogP contribution < -0.4 is 10.6 Å². The van der Waals surface area contributed by atoms with Crippen LogP contribution in [0, 0.1) is 0 Å². The Bertz CT molecular complexity index is 640. The molecule has 0 spiro atoms. The third-order valence-electron chi connectivity index (χ3n) is 3.74. The van der Waals surface area contributed by atoms with Crippen molar-refractivity contribution < 1.29 is 13.6 Å². The van der Waals surface area contributed by atoms with E-state index in [9.17, 15) is 4.79 Å². The summed E-state index contributed by atoms with van der Waals surface area (Å²) in [6.07, 6.45) is 4.21. The maximum Gasteiger partial charge on any atom is 0.315 e. The molecule has 1 aliphatic rings. The highest BCUT2D eigenvalue weighted by Gasteiger charge is 2.41. The van der Waals surface area contributed by atoms with Crippen LogP contribution in [0.1, 0.15) is 50.5 Å². The SMILES string of the molecule is CC(C)(C)c1coc(CNC(=O)N[C@@H]2C[C@H]2c2ccco2)n1. The Morgan fingerprint density at radius 1 is 1.41 bits per heavy atom. The molecule has 1 saturated carbocycles. The van der Waals surface area contributed by atoms with Crippen molar-refractivity contribution in [1.29, 1.82) is 0 Å².